The van der Waals surface area contributed by atoms with Gasteiger partial charge in [0.25, 0.3) is 0 Å². The summed E-state index contributed by atoms with van der Waals surface area (Å²) >= 11 is 0. The zero-order valence-electron chi connectivity index (χ0n) is 5.07. The fraction of sp³-hybridized carbons (Fsp3) is 0.250. The van der Waals surface area contributed by atoms with Crippen molar-refractivity contribution in [2.24, 2.45) is 0 Å². The molecule has 1 radical (unpaired) electrons. The van der Waals surface area contributed by atoms with E-state index in [9.17, 15) is 0 Å². The minimum atomic E-state index is 0.999. The Morgan fingerprint density at radius 3 is 2.88 bits per heavy atom. The molecule has 0 saturated heterocycles. The molecule has 0 aromatic carbocycles. The molecule has 0 atom stereocenters. The molecule has 0 N–H and O–H groups in total. The molecule has 0 saturated carbocycles. The van der Waals surface area contributed by atoms with Crippen molar-refractivity contribution in [3.8, 4) is 0 Å². The van der Waals surface area contributed by atoms with Gasteiger partial charge in [-0.05, 0) is 30.6 Å². The van der Waals surface area contributed by atoms with Crippen LogP contribution in [0.1, 0.15) is 13.3 Å². The molecule has 8 heavy (non-hydrogen) atoms. The Bertz CT molecular complexity index is 159. The predicted octanol–water partition coefficient (Wildman–Crippen LogP) is 2.25. The minimum absolute atomic E-state index is 0.999. The van der Waals surface area contributed by atoms with E-state index in [4.69, 9.17) is 0 Å². The van der Waals surface area contributed by atoms with E-state index in [0.29, 0.717) is 0 Å². The second-order valence-corrected chi connectivity index (χ2v) is 1.98. The van der Waals surface area contributed by atoms with Crippen LogP contribution in [-0.4, -0.2) is 0 Å². The zero-order valence-corrected chi connectivity index (χ0v) is 5.07. The van der Waals surface area contributed by atoms with Gasteiger partial charge in [-0.25, -0.2) is 0 Å². The minimum Gasteiger partial charge on any atom is -0.0952 e. The number of hydrogen-bond acceptors (Lipinski definition) is 0. The largest absolute Gasteiger partial charge is 0.0952 e. The van der Waals surface area contributed by atoms with E-state index in [0.717, 1.165) is 6.42 Å². The molecule has 0 heterocycles. The molecular formula is C8H9. The molecule has 0 aliphatic heterocycles. The lowest BCUT2D eigenvalue weighted by atomic mass is 10.0. The molecule has 0 aromatic heterocycles. The summed E-state index contributed by atoms with van der Waals surface area (Å²) in [6.45, 7) is 5.88. The fourth-order valence-corrected chi connectivity index (χ4v) is 0.640. The summed E-state index contributed by atoms with van der Waals surface area (Å²) in [5.74, 6) is 0. The topological polar surface area (TPSA) is 0 Å². The third-order valence-corrected chi connectivity index (χ3v) is 1.31. The highest BCUT2D eigenvalue weighted by molar-refractivity contribution is 5.31. The van der Waals surface area contributed by atoms with E-state index in [1.807, 2.05) is 13.0 Å². The van der Waals surface area contributed by atoms with Gasteiger partial charge in [0, 0.05) is 0 Å². The summed E-state index contributed by atoms with van der Waals surface area (Å²) in [7, 11) is 0. The maximum Gasteiger partial charge on any atom is -0.00971 e. The molecule has 0 spiro atoms. The number of rotatable bonds is 0. The van der Waals surface area contributed by atoms with E-state index in [1.54, 1.807) is 0 Å². The van der Waals surface area contributed by atoms with Gasteiger partial charge in [0.15, 0.2) is 0 Å². The van der Waals surface area contributed by atoms with Crippen molar-refractivity contribution < 1.29 is 0 Å². The highest BCUT2D eigenvalue weighted by Crippen LogP contribution is 2.14. The maximum absolute atomic E-state index is 3.84. The van der Waals surface area contributed by atoms with Gasteiger partial charge in [0.1, 0.15) is 0 Å². The van der Waals surface area contributed by atoms with Gasteiger partial charge in [-0.3, -0.25) is 0 Å². The third-order valence-electron chi connectivity index (χ3n) is 1.31. The average Bonchev–Trinajstić information content (AvgIpc) is 1.77. The van der Waals surface area contributed by atoms with E-state index in [1.165, 1.54) is 11.1 Å². The number of allylic oxidation sites excluding steroid dienone is 5. The Morgan fingerprint density at radius 2 is 2.50 bits per heavy atom. The van der Waals surface area contributed by atoms with Gasteiger partial charge >= 0.3 is 0 Å². The van der Waals surface area contributed by atoms with Crippen LogP contribution in [0.25, 0.3) is 0 Å². The lowest BCUT2D eigenvalue weighted by Gasteiger charge is -2.03. The molecular weight excluding hydrogens is 96.1 g/mol. The Hall–Kier alpha value is -0.780. The van der Waals surface area contributed by atoms with E-state index in [-0.39, 0.29) is 0 Å². The molecule has 1 aliphatic rings. The van der Waals surface area contributed by atoms with Crippen LogP contribution in [0.15, 0.2) is 29.9 Å². The SMILES string of the molecule is C=C1CC=C[C]=C1C. The fourth-order valence-electron chi connectivity index (χ4n) is 0.640. The first-order valence-electron chi connectivity index (χ1n) is 2.74. The van der Waals surface area contributed by atoms with Gasteiger partial charge in [-0.15, -0.1) is 0 Å². The Morgan fingerprint density at radius 1 is 1.75 bits per heavy atom. The second-order valence-electron chi connectivity index (χ2n) is 1.98. The molecule has 0 nitrogen and oxygen atoms in total. The van der Waals surface area contributed by atoms with Crippen molar-refractivity contribution in [1.82, 2.24) is 0 Å². The summed E-state index contributed by atoms with van der Waals surface area (Å²) in [5, 5.41) is 0. The standard InChI is InChI=1S/C8H9/c1-7-5-3-4-6-8(7)2/h3-4H,1,5H2,2H3. The van der Waals surface area contributed by atoms with Crippen LogP contribution in [0.2, 0.25) is 0 Å². The predicted molar refractivity (Wildman–Crippen MR) is 35.3 cm³/mol. The van der Waals surface area contributed by atoms with Gasteiger partial charge in [-0.1, -0.05) is 18.7 Å². The highest BCUT2D eigenvalue weighted by Gasteiger charge is 1.95. The molecule has 0 unspecified atom stereocenters. The first-order chi connectivity index (χ1) is 3.80. The Kier molecular flexibility index (Phi) is 1.34. The van der Waals surface area contributed by atoms with Gasteiger partial charge < -0.3 is 0 Å². The maximum atomic E-state index is 3.84. The van der Waals surface area contributed by atoms with Crippen molar-refractivity contribution >= 4 is 0 Å². The van der Waals surface area contributed by atoms with Crippen molar-refractivity contribution in [1.29, 1.82) is 0 Å². The van der Waals surface area contributed by atoms with Gasteiger partial charge in [0.05, 0.1) is 0 Å². The molecule has 0 amide bonds. The van der Waals surface area contributed by atoms with Crippen LogP contribution in [0.4, 0.5) is 0 Å². The summed E-state index contributed by atoms with van der Waals surface area (Å²) in [4.78, 5) is 0. The average molecular weight is 105 g/mol. The van der Waals surface area contributed by atoms with E-state index < -0.39 is 0 Å². The Balaban J connectivity index is 2.80. The lowest BCUT2D eigenvalue weighted by Crippen LogP contribution is -1.84. The van der Waals surface area contributed by atoms with Crippen molar-refractivity contribution in [3.05, 3.63) is 36.0 Å². The van der Waals surface area contributed by atoms with Gasteiger partial charge in [0.2, 0.25) is 0 Å². The van der Waals surface area contributed by atoms with Crippen LogP contribution >= 0.6 is 0 Å². The third kappa shape index (κ3) is 0.890. The molecule has 1 rings (SSSR count). The molecule has 0 fully saturated rings. The first kappa shape index (κ1) is 5.36. The second kappa shape index (κ2) is 1.99. The molecule has 0 bridgehead atoms. The first-order valence-corrected chi connectivity index (χ1v) is 2.74. The smallest absolute Gasteiger partial charge is 0.00971 e. The summed E-state index contributed by atoms with van der Waals surface area (Å²) in [6, 6.07) is 0. The summed E-state index contributed by atoms with van der Waals surface area (Å²) in [5.41, 5.74) is 2.38. The number of hydrogen-bond donors (Lipinski definition) is 0. The van der Waals surface area contributed by atoms with Crippen LogP contribution < -0.4 is 0 Å². The molecule has 1 aliphatic carbocycles. The van der Waals surface area contributed by atoms with Crippen molar-refractivity contribution in [2.45, 2.75) is 13.3 Å². The monoisotopic (exact) mass is 105 g/mol. The van der Waals surface area contributed by atoms with E-state index >= 15 is 0 Å². The van der Waals surface area contributed by atoms with Crippen LogP contribution in [0, 0.1) is 6.08 Å². The normalized spacial score (nSPS) is 18.6. The van der Waals surface area contributed by atoms with E-state index in [2.05, 4.69) is 18.7 Å². The van der Waals surface area contributed by atoms with Crippen molar-refractivity contribution in [2.75, 3.05) is 0 Å². The molecule has 41 valence electrons. The highest BCUT2D eigenvalue weighted by atomic mass is 14.0. The summed E-state index contributed by atoms with van der Waals surface area (Å²) < 4.78 is 0. The zero-order chi connectivity index (χ0) is 5.98. The van der Waals surface area contributed by atoms with Gasteiger partial charge in [-0.2, -0.15) is 0 Å². The Labute approximate surface area is 50.2 Å². The molecule has 0 heteroatoms. The quantitative estimate of drug-likeness (QED) is 0.443. The van der Waals surface area contributed by atoms with Crippen molar-refractivity contribution in [3.63, 3.8) is 0 Å². The van der Waals surface area contributed by atoms with Crippen LogP contribution in [0.5, 0.6) is 0 Å². The van der Waals surface area contributed by atoms with Crippen LogP contribution in [-0.2, 0) is 0 Å². The summed E-state index contributed by atoms with van der Waals surface area (Å²) in [6.07, 6.45) is 8.08. The lowest BCUT2D eigenvalue weighted by molar-refractivity contribution is 1.18. The molecule has 0 aromatic rings. The van der Waals surface area contributed by atoms with Crippen LogP contribution in [0.3, 0.4) is 0 Å².